The highest BCUT2D eigenvalue weighted by Crippen LogP contribution is 2.13. The molecule has 4 nitrogen and oxygen atoms in total. The summed E-state index contributed by atoms with van der Waals surface area (Å²) in [5, 5.41) is 0. The van der Waals surface area contributed by atoms with Crippen LogP contribution in [0.1, 0.15) is 107 Å². The molecule has 0 fully saturated rings. The molecule has 0 aliphatic rings. The van der Waals surface area contributed by atoms with Gasteiger partial charge in [0, 0.05) is 12.6 Å². The van der Waals surface area contributed by atoms with Gasteiger partial charge >= 0.3 is 5.97 Å². The molecule has 0 unspecified atom stereocenters. The molecule has 176 valence electrons. The first-order chi connectivity index (χ1) is 15.0. The first-order valence-electron chi connectivity index (χ1n) is 12.2. The summed E-state index contributed by atoms with van der Waals surface area (Å²) in [5.74, 6) is -1.30. The van der Waals surface area contributed by atoms with Crippen molar-refractivity contribution in [2.24, 2.45) is 0 Å². The van der Waals surface area contributed by atoms with Crippen molar-refractivity contribution in [2.75, 3.05) is 20.2 Å². The predicted molar refractivity (Wildman–Crippen MR) is 125 cm³/mol. The van der Waals surface area contributed by atoms with E-state index < -0.39 is 17.7 Å². The SMILES string of the molecule is CCCCCCCCCCCCCCCCOC(=O)CN(C)C(=O)c1cccc(F)c1. The summed E-state index contributed by atoms with van der Waals surface area (Å²) >= 11 is 0. The molecule has 0 aliphatic heterocycles. The Morgan fingerprint density at radius 1 is 0.839 bits per heavy atom. The summed E-state index contributed by atoms with van der Waals surface area (Å²) in [7, 11) is 1.51. The minimum atomic E-state index is -0.473. The third-order valence-electron chi connectivity index (χ3n) is 5.55. The summed E-state index contributed by atoms with van der Waals surface area (Å²) in [6.45, 7) is 2.51. The Labute approximate surface area is 188 Å². The number of hydrogen-bond donors (Lipinski definition) is 0. The Bertz CT molecular complexity index is 620. The monoisotopic (exact) mass is 435 g/mol. The summed E-state index contributed by atoms with van der Waals surface area (Å²) in [6, 6.07) is 5.45. The molecule has 1 amide bonds. The second kappa shape index (κ2) is 17.7. The van der Waals surface area contributed by atoms with Crippen molar-refractivity contribution in [2.45, 2.75) is 96.8 Å². The van der Waals surface area contributed by atoms with Gasteiger partial charge < -0.3 is 9.64 Å². The number of unbranched alkanes of at least 4 members (excludes halogenated alkanes) is 13. The summed E-state index contributed by atoms with van der Waals surface area (Å²) in [5.41, 5.74) is 0.224. The Hall–Kier alpha value is -1.91. The minimum Gasteiger partial charge on any atom is -0.464 e. The highest BCUT2D eigenvalue weighted by atomic mass is 19.1. The van der Waals surface area contributed by atoms with E-state index in [0.717, 1.165) is 12.8 Å². The van der Waals surface area contributed by atoms with Gasteiger partial charge in [-0.2, -0.15) is 0 Å². The van der Waals surface area contributed by atoms with Crippen molar-refractivity contribution in [3.8, 4) is 0 Å². The van der Waals surface area contributed by atoms with Crippen LogP contribution in [0.15, 0.2) is 24.3 Å². The van der Waals surface area contributed by atoms with Crippen LogP contribution in [-0.2, 0) is 9.53 Å². The van der Waals surface area contributed by atoms with Crippen molar-refractivity contribution >= 4 is 11.9 Å². The van der Waals surface area contributed by atoms with Crippen LogP contribution in [0.3, 0.4) is 0 Å². The molecule has 5 heteroatoms. The zero-order valence-corrected chi connectivity index (χ0v) is 19.7. The fourth-order valence-corrected chi connectivity index (χ4v) is 3.64. The normalized spacial score (nSPS) is 10.8. The summed E-state index contributed by atoms with van der Waals surface area (Å²) in [6.07, 6.45) is 18.0. The lowest BCUT2D eigenvalue weighted by molar-refractivity contribution is -0.144. The van der Waals surface area contributed by atoms with E-state index in [1.807, 2.05) is 0 Å². The van der Waals surface area contributed by atoms with Crippen LogP contribution in [0.4, 0.5) is 4.39 Å². The Morgan fingerprint density at radius 2 is 1.35 bits per heavy atom. The van der Waals surface area contributed by atoms with Crippen molar-refractivity contribution in [1.82, 2.24) is 4.90 Å². The quantitative estimate of drug-likeness (QED) is 0.186. The third-order valence-corrected chi connectivity index (χ3v) is 5.55. The molecular weight excluding hydrogens is 393 g/mol. The number of rotatable bonds is 18. The van der Waals surface area contributed by atoms with E-state index in [2.05, 4.69) is 6.92 Å². The van der Waals surface area contributed by atoms with E-state index in [0.29, 0.717) is 6.61 Å². The molecule has 1 rings (SSSR count). The highest BCUT2D eigenvalue weighted by molar-refractivity contribution is 5.95. The van der Waals surface area contributed by atoms with Crippen molar-refractivity contribution in [3.63, 3.8) is 0 Å². The van der Waals surface area contributed by atoms with Gasteiger partial charge in [-0.05, 0) is 24.6 Å². The van der Waals surface area contributed by atoms with Crippen LogP contribution in [0.25, 0.3) is 0 Å². The molecule has 1 aromatic rings. The first-order valence-corrected chi connectivity index (χ1v) is 12.2. The molecule has 0 aliphatic carbocycles. The second-order valence-electron chi connectivity index (χ2n) is 8.49. The zero-order chi connectivity index (χ0) is 22.7. The van der Waals surface area contributed by atoms with E-state index in [4.69, 9.17) is 4.74 Å². The molecule has 0 N–H and O–H groups in total. The Morgan fingerprint density at radius 3 is 1.87 bits per heavy atom. The highest BCUT2D eigenvalue weighted by Gasteiger charge is 2.16. The van der Waals surface area contributed by atoms with Crippen molar-refractivity contribution < 1.29 is 18.7 Å². The van der Waals surface area contributed by atoms with Gasteiger partial charge in [-0.1, -0.05) is 96.5 Å². The smallest absolute Gasteiger partial charge is 0.325 e. The van der Waals surface area contributed by atoms with Gasteiger partial charge in [0.05, 0.1) is 6.61 Å². The fourth-order valence-electron chi connectivity index (χ4n) is 3.64. The number of ether oxygens (including phenoxy) is 1. The largest absolute Gasteiger partial charge is 0.464 e. The van der Waals surface area contributed by atoms with Crippen LogP contribution in [-0.4, -0.2) is 37.0 Å². The lowest BCUT2D eigenvalue weighted by atomic mass is 10.0. The number of hydrogen-bond acceptors (Lipinski definition) is 3. The van der Waals surface area contributed by atoms with Gasteiger partial charge in [0.25, 0.3) is 5.91 Å². The van der Waals surface area contributed by atoms with Gasteiger partial charge in [0.2, 0.25) is 0 Å². The molecule has 0 aromatic heterocycles. The summed E-state index contributed by atoms with van der Waals surface area (Å²) in [4.78, 5) is 25.3. The molecule has 0 heterocycles. The maximum absolute atomic E-state index is 13.2. The molecule has 0 saturated heterocycles. The van der Waals surface area contributed by atoms with Gasteiger partial charge in [0.1, 0.15) is 12.4 Å². The number of amides is 1. The van der Waals surface area contributed by atoms with E-state index in [9.17, 15) is 14.0 Å². The standard InChI is InChI=1S/C26H42FNO3/c1-3-4-5-6-7-8-9-10-11-12-13-14-15-16-20-31-25(29)22-28(2)26(30)23-18-17-19-24(27)21-23/h17-19,21H,3-16,20,22H2,1-2H3. The average Bonchev–Trinajstić information content (AvgIpc) is 2.75. The molecule has 0 spiro atoms. The van der Waals surface area contributed by atoms with E-state index in [1.54, 1.807) is 0 Å². The number of carbonyl (C=O) groups excluding carboxylic acids is 2. The molecule has 0 atom stereocenters. The molecular formula is C26H42FNO3. The van der Waals surface area contributed by atoms with Crippen LogP contribution in [0, 0.1) is 5.82 Å². The number of nitrogens with zero attached hydrogens (tertiary/aromatic N) is 1. The number of benzene rings is 1. The lowest BCUT2D eigenvalue weighted by Gasteiger charge is -2.16. The molecule has 1 aromatic carbocycles. The van der Waals surface area contributed by atoms with Crippen LogP contribution < -0.4 is 0 Å². The first kappa shape index (κ1) is 27.1. The maximum atomic E-state index is 13.2. The lowest BCUT2D eigenvalue weighted by Crippen LogP contribution is -2.33. The number of halogens is 1. The number of esters is 1. The molecule has 31 heavy (non-hydrogen) atoms. The van der Waals surface area contributed by atoms with Crippen LogP contribution in [0.2, 0.25) is 0 Å². The van der Waals surface area contributed by atoms with Crippen LogP contribution in [0.5, 0.6) is 0 Å². The van der Waals surface area contributed by atoms with Gasteiger partial charge in [-0.3, -0.25) is 9.59 Å². The van der Waals surface area contributed by atoms with Crippen molar-refractivity contribution in [1.29, 1.82) is 0 Å². The number of carbonyl (C=O) groups is 2. The second-order valence-corrected chi connectivity index (χ2v) is 8.49. The summed E-state index contributed by atoms with van der Waals surface area (Å²) < 4.78 is 18.4. The zero-order valence-electron chi connectivity index (χ0n) is 19.7. The van der Waals surface area contributed by atoms with Gasteiger partial charge in [0.15, 0.2) is 0 Å². The molecule has 0 radical (unpaired) electrons. The van der Waals surface area contributed by atoms with E-state index in [-0.39, 0.29) is 12.1 Å². The maximum Gasteiger partial charge on any atom is 0.325 e. The van der Waals surface area contributed by atoms with Crippen LogP contribution >= 0.6 is 0 Å². The Balaban J connectivity index is 1.94. The molecule has 0 saturated carbocycles. The topological polar surface area (TPSA) is 46.6 Å². The van der Waals surface area contributed by atoms with Gasteiger partial charge in [-0.15, -0.1) is 0 Å². The Kier molecular flexibility index (Phi) is 15.5. The van der Waals surface area contributed by atoms with Gasteiger partial charge in [-0.25, -0.2) is 4.39 Å². The minimum absolute atomic E-state index is 0.131. The third kappa shape index (κ3) is 13.9. The van der Waals surface area contributed by atoms with E-state index in [1.165, 1.54) is 113 Å². The molecule has 0 bridgehead atoms. The van der Waals surface area contributed by atoms with Crippen molar-refractivity contribution in [3.05, 3.63) is 35.6 Å². The average molecular weight is 436 g/mol. The fraction of sp³-hybridized carbons (Fsp3) is 0.692. The number of likely N-dealkylation sites (N-methyl/N-ethyl adjacent to an activating group) is 1. The predicted octanol–water partition coefficient (Wildman–Crippen LogP) is 6.92. The van der Waals surface area contributed by atoms with E-state index >= 15 is 0 Å².